The Morgan fingerprint density at radius 1 is 1.14 bits per heavy atom. The van der Waals surface area contributed by atoms with Crippen molar-refractivity contribution in [2.75, 3.05) is 18.2 Å². The van der Waals surface area contributed by atoms with Crippen molar-refractivity contribution < 1.29 is 9.53 Å². The van der Waals surface area contributed by atoms with Crippen LogP contribution in [-0.4, -0.2) is 34.9 Å². The first-order valence-electron chi connectivity index (χ1n) is 9.48. The number of aromatic nitrogens is 2. The molecule has 3 aromatic rings. The van der Waals surface area contributed by atoms with Gasteiger partial charge in [0, 0.05) is 22.9 Å². The molecule has 0 saturated carbocycles. The molecule has 142 valence electrons. The Bertz CT molecular complexity index is 1170. The fourth-order valence-electron chi connectivity index (χ4n) is 3.82. The zero-order valence-electron chi connectivity index (χ0n) is 15.9. The highest BCUT2D eigenvalue weighted by Gasteiger charge is 2.33. The van der Waals surface area contributed by atoms with Crippen LogP contribution in [0.2, 0.25) is 0 Å². The monoisotopic (exact) mass is 382 g/mol. The van der Waals surface area contributed by atoms with Gasteiger partial charge in [0.15, 0.2) is 0 Å². The highest BCUT2D eigenvalue weighted by molar-refractivity contribution is 6.20. The van der Waals surface area contributed by atoms with E-state index in [0.29, 0.717) is 18.8 Å². The van der Waals surface area contributed by atoms with E-state index >= 15 is 0 Å². The van der Waals surface area contributed by atoms with Gasteiger partial charge < -0.3 is 9.64 Å². The van der Waals surface area contributed by atoms with Gasteiger partial charge in [-0.2, -0.15) is 0 Å². The second-order valence-electron chi connectivity index (χ2n) is 6.72. The third kappa shape index (κ3) is 2.81. The standard InChI is InChI=1S/C23H18N4O2/c1-2-29-23(28)18-10-6-9-17-20-16(12-24-13-25-20)11-19-21(15-7-4-3-5-8-15)26-14-27(19)22(17)18/h3-13H,2,14H2,1H3. The number of nitrogens with zero attached hydrogens (tertiary/aromatic N) is 4. The number of para-hydroxylation sites is 1. The first-order chi connectivity index (χ1) is 14.3. The minimum Gasteiger partial charge on any atom is -0.462 e. The van der Waals surface area contributed by atoms with Crippen molar-refractivity contribution in [3.05, 3.63) is 83.4 Å². The summed E-state index contributed by atoms with van der Waals surface area (Å²) in [6, 6.07) is 15.7. The number of aliphatic imine (C=N–C) groups is 1. The average molecular weight is 382 g/mol. The number of carbonyl (C=O) groups is 1. The van der Waals surface area contributed by atoms with Crippen LogP contribution in [0, 0.1) is 0 Å². The molecule has 2 aliphatic heterocycles. The molecule has 2 aromatic carbocycles. The molecular weight excluding hydrogens is 364 g/mol. The highest BCUT2D eigenvalue weighted by Crippen LogP contribution is 2.42. The van der Waals surface area contributed by atoms with E-state index in [1.165, 1.54) is 6.33 Å². The molecule has 1 aromatic heterocycles. The highest BCUT2D eigenvalue weighted by atomic mass is 16.5. The van der Waals surface area contributed by atoms with Crippen LogP contribution in [-0.2, 0) is 4.74 Å². The summed E-state index contributed by atoms with van der Waals surface area (Å²) in [6.07, 6.45) is 5.37. The van der Waals surface area contributed by atoms with Crippen molar-refractivity contribution in [3.8, 4) is 11.3 Å². The largest absolute Gasteiger partial charge is 0.462 e. The Hall–Kier alpha value is -3.80. The Balaban J connectivity index is 1.75. The van der Waals surface area contributed by atoms with Crippen LogP contribution in [0.3, 0.4) is 0 Å². The van der Waals surface area contributed by atoms with Gasteiger partial charge in [-0.3, -0.25) is 4.99 Å². The minimum absolute atomic E-state index is 0.315. The van der Waals surface area contributed by atoms with E-state index in [1.54, 1.807) is 19.2 Å². The van der Waals surface area contributed by atoms with Crippen LogP contribution in [0.5, 0.6) is 0 Å². The normalized spacial score (nSPS) is 14.2. The summed E-state index contributed by atoms with van der Waals surface area (Å²) in [5.41, 5.74) is 6.64. The van der Waals surface area contributed by atoms with Crippen molar-refractivity contribution >= 4 is 23.4 Å². The maximum atomic E-state index is 12.7. The Morgan fingerprint density at radius 2 is 2.00 bits per heavy atom. The Morgan fingerprint density at radius 3 is 2.83 bits per heavy atom. The van der Waals surface area contributed by atoms with E-state index in [9.17, 15) is 4.79 Å². The molecule has 2 aliphatic rings. The smallest absolute Gasteiger partial charge is 0.340 e. The molecule has 29 heavy (non-hydrogen) atoms. The van der Waals surface area contributed by atoms with E-state index < -0.39 is 0 Å². The van der Waals surface area contributed by atoms with Gasteiger partial charge in [0.2, 0.25) is 0 Å². The fraction of sp³-hybridized carbons (Fsp3) is 0.130. The maximum Gasteiger partial charge on any atom is 0.340 e. The van der Waals surface area contributed by atoms with E-state index in [0.717, 1.165) is 39.5 Å². The molecule has 0 saturated heterocycles. The van der Waals surface area contributed by atoms with Crippen LogP contribution in [0.4, 0.5) is 5.69 Å². The molecule has 0 radical (unpaired) electrons. The number of ether oxygens (including phenoxy) is 1. The predicted octanol–water partition coefficient (Wildman–Crippen LogP) is 3.94. The molecule has 6 heteroatoms. The third-order valence-corrected chi connectivity index (χ3v) is 5.04. The Kier molecular flexibility index (Phi) is 4.17. The fourth-order valence-corrected chi connectivity index (χ4v) is 3.82. The first-order valence-corrected chi connectivity index (χ1v) is 9.48. The number of rotatable bonds is 3. The predicted molar refractivity (Wildman–Crippen MR) is 112 cm³/mol. The second kappa shape index (κ2) is 6.98. The minimum atomic E-state index is -0.352. The van der Waals surface area contributed by atoms with Crippen molar-refractivity contribution in [1.29, 1.82) is 0 Å². The quantitative estimate of drug-likeness (QED) is 0.642. The number of carbonyl (C=O) groups excluding carboxylic acids is 1. The van der Waals surface area contributed by atoms with Gasteiger partial charge in [0.1, 0.15) is 13.0 Å². The van der Waals surface area contributed by atoms with Crippen LogP contribution < -0.4 is 4.90 Å². The summed E-state index contributed by atoms with van der Waals surface area (Å²) < 4.78 is 5.33. The number of fused-ring (bicyclic) bond motifs is 5. The van der Waals surface area contributed by atoms with Gasteiger partial charge in [0.25, 0.3) is 0 Å². The van der Waals surface area contributed by atoms with Crippen LogP contribution in [0.1, 0.15) is 28.4 Å². The van der Waals surface area contributed by atoms with Gasteiger partial charge in [-0.1, -0.05) is 42.5 Å². The van der Waals surface area contributed by atoms with Gasteiger partial charge in [-0.15, -0.1) is 0 Å². The number of anilines is 1. The molecule has 0 unspecified atom stereocenters. The summed E-state index contributed by atoms with van der Waals surface area (Å²) in [4.78, 5) is 28.3. The molecule has 0 spiro atoms. The molecule has 5 rings (SSSR count). The molecule has 0 aliphatic carbocycles. The third-order valence-electron chi connectivity index (χ3n) is 5.04. The molecule has 3 heterocycles. The number of hydrogen-bond donors (Lipinski definition) is 0. The van der Waals surface area contributed by atoms with E-state index in [-0.39, 0.29) is 5.97 Å². The number of allylic oxidation sites excluding steroid dienone is 1. The SMILES string of the molecule is CCOC(=O)c1cccc2c1N1CN=C(c3ccccc3)C1=Cc1cncnc1-2. The lowest BCUT2D eigenvalue weighted by atomic mass is 10.0. The number of hydrogen-bond acceptors (Lipinski definition) is 6. The summed E-state index contributed by atoms with van der Waals surface area (Å²) in [6.45, 7) is 2.54. The summed E-state index contributed by atoms with van der Waals surface area (Å²) in [5, 5.41) is 0. The van der Waals surface area contributed by atoms with Crippen LogP contribution in [0.25, 0.3) is 17.3 Å². The van der Waals surface area contributed by atoms with Crippen molar-refractivity contribution in [1.82, 2.24) is 9.97 Å². The summed E-state index contributed by atoms with van der Waals surface area (Å²) in [7, 11) is 0. The number of benzene rings is 2. The van der Waals surface area contributed by atoms with E-state index in [1.807, 2.05) is 48.5 Å². The molecule has 6 nitrogen and oxygen atoms in total. The molecule has 0 bridgehead atoms. The van der Waals surface area contributed by atoms with Crippen LogP contribution >= 0.6 is 0 Å². The summed E-state index contributed by atoms with van der Waals surface area (Å²) >= 11 is 0. The van der Waals surface area contributed by atoms with Crippen molar-refractivity contribution in [3.63, 3.8) is 0 Å². The van der Waals surface area contributed by atoms with Crippen molar-refractivity contribution in [2.45, 2.75) is 6.92 Å². The maximum absolute atomic E-state index is 12.7. The van der Waals surface area contributed by atoms with Gasteiger partial charge >= 0.3 is 5.97 Å². The topological polar surface area (TPSA) is 67.7 Å². The lowest BCUT2D eigenvalue weighted by Gasteiger charge is -2.23. The van der Waals surface area contributed by atoms with Gasteiger partial charge in [-0.25, -0.2) is 14.8 Å². The zero-order chi connectivity index (χ0) is 19.8. The van der Waals surface area contributed by atoms with E-state index in [4.69, 9.17) is 9.73 Å². The molecule has 0 amide bonds. The van der Waals surface area contributed by atoms with Crippen LogP contribution in [0.15, 0.2) is 71.7 Å². The first kappa shape index (κ1) is 17.3. The summed E-state index contributed by atoms with van der Waals surface area (Å²) in [5.74, 6) is -0.352. The molecular formula is C23H18N4O2. The Labute approximate surface area is 168 Å². The molecule has 0 N–H and O–H groups in total. The second-order valence-corrected chi connectivity index (χ2v) is 6.72. The molecule has 0 fully saturated rings. The molecule has 0 atom stereocenters. The lowest BCUT2D eigenvalue weighted by Crippen LogP contribution is -2.23. The lowest BCUT2D eigenvalue weighted by molar-refractivity contribution is 0.0527. The number of esters is 1. The van der Waals surface area contributed by atoms with Gasteiger partial charge in [0.05, 0.1) is 35.0 Å². The van der Waals surface area contributed by atoms with E-state index in [2.05, 4.69) is 14.9 Å². The van der Waals surface area contributed by atoms with Crippen molar-refractivity contribution in [2.24, 2.45) is 4.99 Å². The average Bonchev–Trinajstić information content (AvgIpc) is 3.11. The zero-order valence-corrected chi connectivity index (χ0v) is 15.9. The van der Waals surface area contributed by atoms with Gasteiger partial charge in [-0.05, 0) is 19.1 Å².